The van der Waals surface area contributed by atoms with Crippen LogP contribution in [0.15, 0.2) is 71.6 Å². The van der Waals surface area contributed by atoms with Crippen LogP contribution in [-0.2, 0) is 10.8 Å². The predicted octanol–water partition coefficient (Wildman–Crippen LogP) is 3.86. The van der Waals surface area contributed by atoms with Crippen molar-refractivity contribution in [1.29, 1.82) is 0 Å². The summed E-state index contributed by atoms with van der Waals surface area (Å²) in [5.41, 5.74) is 1.48. The van der Waals surface area contributed by atoms with Gasteiger partial charge in [0.1, 0.15) is 0 Å². The maximum atomic E-state index is 13.2. The molecule has 2 atom stereocenters. The summed E-state index contributed by atoms with van der Waals surface area (Å²) >= 11 is 0. The quantitative estimate of drug-likeness (QED) is 0.819. The van der Waals surface area contributed by atoms with E-state index in [2.05, 4.69) is 5.32 Å². The van der Waals surface area contributed by atoms with E-state index in [4.69, 9.17) is 0 Å². The summed E-state index contributed by atoms with van der Waals surface area (Å²) in [4.78, 5) is 12.6. The van der Waals surface area contributed by atoms with Gasteiger partial charge in [-0.1, -0.05) is 54.6 Å². The molecule has 23 heavy (non-hydrogen) atoms. The first-order valence-corrected chi connectivity index (χ1v) is 8.78. The molecule has 0 saturated heterocycles. The largest absolute Gasteiger partial charge is 0.355 e. The SMILES string of the molecule is C/C=C/C[C@H](c1ccccc1)S(=O)c1ccccc1C(=O)NC. The number of carbonyl (C=O) groups is 1. The number of hydrogen-bond acceptors (Lipinski definition) is 2. The maximum Gasteiger partial charge on any atom is 0.252 e. The van der Waals surface area contributed by atoms with Gasteiger partial charge in [-0.2, -0.15) is 0 Å². The molecular formula is C19H21NO2S. The summed E-state index contributed by atoms with van der Waals surface area (Å²) in [5, 5.41) is 2.43. The molecule has 2 aromatic carbocycles. The van der Waals surface area contributed by atoms with Gasteiger partial charge in [0.25, 0.3) is 5.91 Å². The molecule has 0 aromatic heterocycles. The zero-order valence-corrected chi connectivity index (χ0v) is 14.2. The van der Waals surface area contributed by atoms with Crippen molar-refractivity contribution in [1.82, 2.24) is 5.32 Å². The first-order valence-electron chi connectivity index (χ1n) is 7.56. The van der Waals surface area contributed by atoms with Crippen LogP contribution in [0.3, 0.4) is 0 Å². The van der Waals surface area contributed by atoms with E-state index in [9.17, 15) is 9.00 Å². The molecule has 0 aliphatic rings. The number of rotatable bonds is 6. The molecular weight excluding hydrogens is 306 g/mol. The van der Waals surface area contributed by atoms with Crippen LogP contribution in [0.1, 0.15) is 34.5 Å². The van der Waals surface area contributed by atoms with Gasteiger partial charge in [-0.15, -0.1) is 0 Å². The van der Waals surface area contributed by atoms with Gasteiger partial charge in [0, 0.05) is 7.05 Å². The normalized spacial score (nSPS) is 13.7. The van der Waals surface area contributed by atoms with E-state index < -0.39 is 10.8 Å². The van der Waals surface area contributed by atoms with E-state index in [1.165, 1.54) is 0 Å². The standard InChI is InChI=1S/C19H21NO2S/c1-3-4-13-17(15-10-6-5-7-11-15)23(22)18-14-9-8-12-16(18)19(21)20-2/h3-12,14,17H,13H2,1-2H3,(H,20,21)/b4-3+/t17-,23?/m1/s1. The molecule has 1 amide bonds. The first-order chi connectivity index (χ1) is 11.2. The molecule has 1 N–H and O–H groups in total. The Morgan fingerprint density at radius 1 is 1.13 bits per heavy atom. The smallest absolute Gasteiger partial charge is 0.252 e. The van der Waals surface area contributed by atoms with Crippen LogP contribution in [0, 0.1) is 0 Å². The van der Waals surface area contributed by atoms with Gasteiger partial charge in [-0.05, 0) is 31.0 Å². The van der Waals surface area contributed by atoms with Crippen LogP contribution in [0.4, 0.5) is 0 Å². The molecule has 3 nitrogen and oxygen atoms in total. The summed E-state index contributed by atoms with van der Waals surface area (Å²) in [6, 6.07) is 16.9. The number of nitrogens with one attached hydrogen (secondary N) is 1. The van der Waals surface area contributed by atoms with Crippen LogP contribution in [0.25, 0.3) is 0 Å². The van der Waals surface area contributed by atoms with Gasteiger partial charge in [-0.3, -0.25) is 9.00 Å². The lowest BCUT2D eigenvalue weighted by Gasteiger charge is -2.17. The molecule has 0 aliphatic heterocycles. The number of benzene rings is 2. The van der Waals surface area contributed by atoms with E-state index >= 15 is 0 Å². The van der Waals surface area contributed by atoms with Gasteiger partial charge < -0.3 is 5.32 Å². The Morgan fingerprint density at radius 2 is 1.78 bits per heavy atom. The summed E-state index contributed by atoms with van der Waals surface area (Å²) in [5.74, 6) is -0.216. The number of amides is 1. The minimum absolute atomic E-state index is 0.182. The van der Waals surface area contributed by atoms with E-state index in [-0.39, 0.29) is 11.2 Å². The molecule has 0 heterocycles. The van der Waals surface area contributed by atoms with Crippen molar-refractivity contribution in [2.45, 2.75) is 23.5 Å². The molecule has 0 saturated carbocycles. The fourth-order valence-corrected chi connectivity index (χ4v) is 3.98. The average Bonchev–Trinajstić information content (AvgIpc) is 2.62. The average molecular weight is 327 g/mol. The van der Waals surface area contributed by atoms with Crippen LogP contribution >= 0.6 is 0 Å². The molecule has 0 spiro atoms. The third-order valence-corrected chi connectivity index (χ3v) is 5.36. The zero-order chi connectivity index (χ0) is 16.7. The number of allylic oxidation sites excluding steroid dienone is 2. The molecule has 4 heteroatoms. The number of carbonyl (C=O) groups excluding carboxylic acids is 1. The fraction of sp³-hybridized carbons (Fsp3) is 0.211. The van der Waals surface area contributed by atoms with Gasteiger partial charge in [-0.25, -0.2) is 0 Å². The van der Waals surface area contributed by atoms with E-state index in [0.717, 1.165) is 5.56 Å². The van der Waals surface area contributed by atoms with E-state index in [1.807, 2.05) is 55.5 Å². The Labute approximate surface area is 139 Å². The third kappa shape index (κ3) is 4.17. The summed E-state index contributed by atoms with van der Waals surface area (Å²) < 4.78 is 13.2. The minimum atomic E-state index is -1.32. The Morgan fingerprint density at radius 3 is 2.43 bits per heavy atom. The fourth-order valence-electron chi connectivity index (χ4n) is 2.39. The zero-order valence-electron chi connectivity index (χ0n) is 13.4. The molecule has 0 radical (unpaired) electrons. The van der Waals surface area contributed by atoms with E-state index in [0.29, 0.717) is 16.9 Å². The summed E-state index contributed by atoms with van der Waals surface area (Å²) in [6.45, 7) is 1.95. The maximum absolute atomic E-state index is 13.2. The van der Waals surface area contributed by atoms with E-state index in [1.54, 1.807) is 25.2 Å². The molecule has 120 valence electrons. The monoisotopic (exact) mass is 327 g/mol. The Bertz CT molecular complexity index is 710. The van der Waals surface area contributed by atoms with Gasteiger partial charge in [0.15, 0.2) is 0 Å². The Balaban J connectivity index is 2.44. The highest BCUT2D eigenvalue weighted by molar-refractivity contribution is 7.85. The van der Waals surface area contributed by atoms with Crippen molar-refractivity contribution < 1.29 is 9.00 Å². The van der Waals surface area contributed by atoms with Gasteiger partial charge in [0.05, 0.1) is 26.5 Å². The minimum Gasteiger partial charge on any atom is -0.355 e. The molecule has 0 fully saturated rings. The second-order valence-corrected chi connectivity index (χ2v) is 6.68. The molecule has 0 aliphatic carbocycles. The van der Waals surface area contributed by atoms with Crippen LogP contribution in [-0.4, -0.2) is 17.2 Å². The van der Waals surface area contributed by atoms with Crippen molar-refractivity contribution in [3.63, 3.8) is 0 Å². The first kappa shape index (κ1) is 17.2. The van der Waals surface area contributed by atoms with Crippen molar-refractivity contribution in [2.75, 3.05) is 7.05 Å². The highest BCUT2D eigenvalue weighted by atomic mass is 32.2. The van der Waals surface area contributed by atoms with Crippen molar-refractivity contribution in [2.24, 2.45) is 0 Å². The highest BCUT2D eigenvalue weighted by Gasteiger charge is 2.23. The third-order valence-electron chi connectivity index (χ3n) is 3.59. The molecule has 2 aromatic rings. The lowest BCUT2D eigenvalue weighted by Crippen LogP contribution is -2.20. The van der Waals surface area contributed by atoms with Crippen molar-refractivity contribution in [3.05, 3.63) is 77.9 Å². The number of hydrogen-bond donors (Lipinski definition) is 1. The van der Waals surface area contributed by atoms with Gasteiger partial charge in [0.2, 0.25) is 0 Å². The topological polar surface area (TPSA) is 46.2 Å². The lowest BCUT2D eigenvalue weighted by molar-refractivity contribution is 0.0960. The lowest BCUT2D eigenvalue weighted by atomic mass is 10.1. The summed E-state index contributed by atoms with van der Waals surface area (Å²) in [7, 11) is 0.260. The second-order valence-electron chi connectivity index (χ2n) is 5.08. The molecule has 2 rings (SSSR count). The van der Waals surface area contributed by atoms with Crippen LogP contribution < -0.4 is 5.32 Å². The van der Waals surface area contributed by atoms with Gasteiger partial charge >= 0.3 is 0 Å². The molecule has 0 bridgehead atoms. The predicted molar refractivity (Wildman–Crippen MR) is 94.9 cm³/mol. The van der Waals surface area contributed by atoms with Crippen LogP contribution in [0.5, 0.6) is 0 Å². The Hall–Kier alpha value is -2.20. The van der Waals surface area contributed by atoms with Crippen LogP contribution in [0.2, 0.25) is 0 Å². The Kier molecular flexibility index (Phi) is 6.29. The highest BCUT2D eigenvalue weighted by Crippen LogP contribution is 2.30. The summed E-state index contributed by atoms with van der Waals surface area (Å²) in [6.07, 6.45) is 4.63. The van der Waals surface area contributed by atoms with Crippen molar-refractivity contribution >= 4 is 16.7 Å². The van der Waals surface area contributed by atoms with Crippen molar-refractivity contribution in [3.8, 4) is 0 Å². The molecule has 1 unspecified atom stereocenters. The second kappa shape index (κ2) is 8.44.